The van der Waals surface area contributed by atoms with Gasteiger partial charge in [0.2, 0.25) is 15.9 Å². The fourth-order valence-electron chi connectivity index (χ4n) is 3.06. The third kappa shape index (κ3) is 4.17. The molecule has 20 heavy (non-hydrogen) atoms. The van der Waals surface area contributed by atoms with Crippen LogP contribution in [0.1, 0.15) is 26.2 Å². The van der Waals surface area contributed by atoms with E-state index in [2.05, 4.69) is 17.0 Å². The van der Waals surface area contributed by atoms with E-state index in [0.29, 0.717) is 19.0 Å². The molecule has 0 aromatic heterocycles. The summed E-state index contributed by atoms with van der Waals surface area (Å²) in [6, 6.07) is -0.0587. The number of amides is 1. The maximum Gasteiger partial charge on any atom is 0.239 e. The van der Waals surface area contributed by atoms with Gasteiger partial charge in [0.25, 0.3) is 0 Å². The molecular formula is C13H25N3O3S. The van der Waals surface area contributed by atoms with Crippen LogP contribution in [0.3, 0.4) is 0 Å². The zero-order chi connectivity index (χ0) is 14.8. The molecule has 2 heterocycles. The number of nitrogens with one attached hydrogen (secondary N) is 2. The van der Waals surface area contributed by atoms with Crippen molar-refractivity contribution in [1.29, 1.82) is 0 Å². The Kier molecular flexibility index (Phi) is 5.04. The number of hydrogen-bond acceptors (Lipinski definition) is 4. The van der Waals surface area contributed by atoms with Gasteiger partial charge in [-0.15, -0.1) is 0 Å². The lowest BCUT2D eigenvalue weighted by molar-refractivity contribution is -0.135. The molecular weight excluding hydrogens is 278 g/mol. The van der Waals surface area contributed by atoms with Crippen molar-refractivity contribution >= 4 is 15.9 Å². The zero-order valence-electron chi connectivity index (χ0n) is 12.3. The molecule has 0 spiro atoms. The third-order valence-electron chi connectivity index (χ3n) is 4.26. The number of likely N-dealkylation sites (tertiary alicyclic amines) is 1. The van der Waals surface area contributed by atoms with Crippen LogP contribution in [0.2, 0.25) is 0 Å². The highest BCUT2D eigenvalue weighted by molar-refractivity contribution is 7.88. The summed E-state index contributed by atoms with van der Waals surface area (Å²) in [4.78, 5) is 14.4. The predicted octanol–water partition coefficient (Wildman–Crippen LogP) is -0.228. The molecule has 2 N–H and O–H groups in total. The van der Waals surface area contributed by atoms with Gasteiger partial charge in [0.05, 0.1) is 12.3 Å². The third-order valence-corrected chi connectivity index (χ3v) is 4.95. The molecule has 0 aromatic rings. The lowest BCUT2D eigenvalue weighted by Gasteiger charge is -2.35. The van der Waals surface area contributed by atoms with Gasteiger partial charge in [-0.25, -0.2) is 13.1 Å². The minimum Gasteiger partial charge on any atom is -0.341 e. The zero-order valence-corrected chi connectivity index (χ0v) is 13.1. The number of nitrogens with zero attached hydrogens (tertiary/aromatic N) is 1. The molecule has 0 radical (unpaired) electrons. The standard InChI is InChI=1S/C13H25N3O3S/c1-10-5-6-14-12(10)13(17)16-7-3-4-11(9-16)8-15-20(2,18)19/h10-12,14-15H,3-9H2,1-2H3. The van der Waals surface area contributed by atoms with Crippen molar-refractivity contribution in [3.63, 3.8) is 0 Å². The first-order chi connectivity index (χ1) is 9.37. The molecule has 0 saturated carbocycles. The molecule has 2 aliphatic heterocycles. The summed E-state index contributed by atoms with van der Waals surface area (Å²) in [5, 5.41) is 3.27. The normalized spacial score (nSPS) is 31.5. The summed E-state index contributed by atoms with van der Waals surface area (Å²) in [5.74, 6) is 0.787. The second kappa shape index (κ2) is 6.41. The summed E-state index contributed by atoms with van der Waals surface area (Å²) in [6.45, 7) is 4.89. The van der Waals surface area contributed by atoms with Gasteiger partial charge >= 0.3 is 0 Å². The van der Waals surface area contributed by atoms with E-state index in [1.807, 2.05) is 4.90 Å². The van der Waals surface area contributed by atoms with Crippen LogP contribution in [0.5, 0.6) is 0 Å². The minimum atomic E-state index is -3.15. The number of carbonyl (C=O) groups excluding carboxylic acids is 1. The van der Waals surface area contributed by atoms with Gasteiger partial charge in [-0.3, -0.25) is 4.79 Å². The van der Waals surface area contributed by atoms with E-state index >= 15 is 0 Å². The van der Waals surface area contributed by atoms with Gasteiger partial charge in [-0.1, -0.05) is 6.92 Å². The average Bonchev–Trinajstić information content (AvgIpc) is 2.81. The monoisotopic (exact) mass is 303 g/mol. The molecule has 116 valence electrons. The number of carbonyl (C=O) groups is 1. The first kappa shape index (κ1) is 15.7. The Hall–Kier alpha value is -0.660. The first-order valence-electron chi connectivity index (χ1n) is 7.33. The van der Waals surface area contributed by atoms with Crippen LogP contribution in [0.4, 0.5) is 0 Å². The van der Waals surface area contributed by atoms with Crippen LogP contribution >= 0.6 is 0 Å². The summed E-state index contributed by atoms with van der Waals surface area (Å²) in [6.07, 6.45) is 4.13. The van der Waals surface area contributed by atoms with E-state index in [-0.39, 0.29) is 17.9 Å². The van der Waals surface area contributed by atoms with Crippen LogP contribution in [0, 0.1) is 11.8 Å². The van der Waals surface area contributed by atoms with Crippen molar-refractivity contribution in [3.8, 4) is 0 Å². The Bertz CT molecular complexity index is 452. The van der Waals surface area contributed by atoms with Gasteiger partial charge < -0.3 is 10.2 Å². The van der Waals surface area contributed by atoms with Gasteiger partial charge in [0, 0.05) is 19.6 Å². The number of hydrogen-bond donors (Lipinski definition) is 2. The van der Waals surface area contributed by atoms with Crippen LogP contribution in [0.15, 0.2) is 0 Å². The summed E-state index contributed by atoms with van der Waals surface area (Å²) < 4.78 is 24.8. The van der Waals surface area contributed by atoms with Crippen LogP contribution in [0.25, 0.3) is 0 Å². The maximum absolute atomic E-state index is 12.5. The lowest BCUT2D eigenvalue weighted by Crippen LogP contribution is -2.50. The molecule has 2 saturated heterocycles. The maximum atomic E-state index is 12.5. The molecule has 2 fully saturated rings. The first-order valence-corrected chi connectivity index (χ1v) is 9.23. The lowest BCUT2D eigenvalue weighted by atomic mass is 9.96. The van der Waals surface area contributed by atoms with Gasteiger partial charge in [-0.05, 0) is 37.6 Å². The smallest absolute Gasteiger partial charge is 0.239 e. The molecule has 7 heteroatoms. The number of rotatable bonds is 4. The summed E-state index contributed by atoms with van der Waals surface area (Å²) >= 11 is 0. The molecule has 2 rings (SSSR count). The molecule has 6 nitrogen and oxygen atoms in total. The number of sulfonamides is 1. The van der Waals surface area contributed by atoms with Crippen molar-refractivity contribution in [3.05, 3.63) is 0 Å². The molecule has 0 bridgehead atoms. The van der Waals surface area contributed by atoms with E-state index in [4.69, 9.17) is 0 Å². The fourth-order valence-corrected chi connectivity index (χ4v) is 3.60. The van der Waals surface area contributed by atoms with Crippen LogP contribution in [-0.4, -0.2) is 57.7 Å². The molecule has 1 amide bonds. The summed E-state index contributed by atoms with van der Waals surface area (Å²) in [5.41, 5.74) is 0. The van der Waals surface area contributed by atoms with Crippen molar-refractivity contribution in [2.24, 2.45) is 11.8 Å². The Balaban J connectivity index is 1.88. The molecule has 3 atom stereocenters. The molecule has 3 unspecified atom stereocenters. The molecule has 0 aliphatic carbocycles. The highest BCUT2D eigenvalue weighted by Gasteiger charge is 2.34. The second-order valence-electron chi connectivity index (χ2n) is 6.11. The Morgan fingerprint density at radius 1 is 1.40 bits per heavy atom. The van der Waals surface area contributed by atoms with E-state index < -0.39 is 10.0 Å². The van der Waals surface area contributed by atoms with Crippen molar-refractivity contribution < 1.29 is 13.2 Å². The van der Waals surface area contributed by atoms with Crippen molar-refractivity contribution in [1.82, 2.24) is 14.9 Å². The molecule has 2 aliphatic rings. The highest BCUT2D eigenvalue weighted by Crippen LogP contribution is 2.21. The SMILES string of the molecule is CC1CCNC1C(=O)N1CCCC(CNS(C)(=O)=O)C1. The fraction of sp³-hybridized carbons (Fsp3) is 0.923. The van der Waals surface area contributed by atoms with E-state index in [0.717, 1.165) is 32.4 Å². The van der Waals surface area contributed by atoms with Crippen LogP contribution < -0.4 is 10.0 Å². The van der Waals surface area contributed by atoms with Crippen molar-refractivity contribution in [2.75, 3.05) is 32.4 Å². The topological polar surface area (TPSA) is 78.5 Å². The Labute approximate surface area is 121 Å². The Morgan fingerprint density at radius 2 is 2.15 bits per heavy atom. The highest BCUT2D eigenvalue weighted by atomic mass is 32.2. The van der Waals surface area contributed by atoms with E-state index in [1.54, 1.807) is 0 Å². The predicted molar refractivity (Wildman–Crippen MR) is 77.7 cm³/mol. The minimum absolute atomic E-state index is 0.0587. The summed E-state index contributed by atoms with van der Waals surface area (Å²) in [7, 11) is -3.15. The van der Waals surface area contributed by atoms with Gasteiger partial charge in [-0.2, -0.15) is 0 Å². The van der Waals surface area contributed by atoms with E-state index in [1.165, 1.54) is 6.26 Å². The largest absolute Gasteiger partial charge is 0.341 e. The quantitative estimate of drug-likeness (QED) is 0.752. The Morgan fingerprint density at radius 3 is 2.75 bits per heavy atom. The number of piperidine rings is 1. The van der Waals surface area contributed by atoms with Crippen LogP contribution in [-0.2, 0) is 14.8 Å². The van der Waals surface area contributed by atoms with Gasteiger partial charge in [0.1, 0.15) is 0 Å². The van der Waals surface area contributed by atoms with Crippen molar-refractivity contribution in [2.45, 2.75) is 32.2 Å². The average molecular weight is 303 g/mol. The molecule has 0 aromatic carbocycles. The van der Waals surface area contributed by atoms with Gasteiger partial charge in [0.15, 0.2) is 0 Å². The van der Waals surface area contributed by atoms with E-state index in [9.17, 15) is 13.2 Å². The second-order valence-corrected chi connectivity index (χ2v) is 7.94.